The lowest BCUT2D eigenvalue weighted by atomic mass is 10.1. The Labute approximate surface area is 138 Å². The van der Waals surface area contributed by atoms with Crippen LogP contribution in [0.15, 0.2) is 54.6 Å². The Balaban J connectivity index is 1.69. The highest BCUT2D eigenvalue weighted by Gasteiger charge is 2.21. The zero-order chi connectivity index (χ0) is 16.9. The van der Waals surface area contributed by atoms with Gasteiger partial charge in [0, 0.05) is 11.6 Å². The topological polar surface area (TPSA) is 87.9 Å². The van der Waals surface area contributed by atoms with Crippen molar-refractivity contribution in [2.24, 2.45) is 5.73 Å². The predicted octanol–water partition coefficient (Wildman–Crippen LogP) is 2.20. The number of rotatable bonds is 5. The van der Waals surface area contributed by atoms with Crippen LogP contribution in [0.25, 0.3) is 6.08 Å². The van der Waals surface area contributed by atoms with Gasteiger partial charge in [0.25, 0.3) is 5.91 Å². The molecule has 0 saturated carbocycles. The van der Waals surface area contributed by atoms with Gasteiger partial charge in [-0.2, -0.15) is 0 Å². The van der Waals surface area contributed by atoms with E-state index < -0.39 is 18.0 Å². The molecule has 1 atom stereocenters. The number of nitrogens with two attached hydrogens (primary N) is 1. The second kappa shape index (κ2) is 6.87. The molecule has 2 aromatic carbocycles. The Bertz CT molecular complexity index is 785. The molecule has 3 rings (SSSR count). The molecular formula is C18H15NO5. The van der Waals surface area contributed by atoms with Gasteiger partial charge in [-0.15, -0.1) is 0 Å². The number of ether oxygens (including phenoxy) is 3. The second-order valence-electron chi connectivity index (χ2n) is 5.08. The third kappa shape index (κ3) is 3.55. The molecule has 0 aromatic heterocycles. The predicted molar refractivity (Wildman–Crippen MR) is 86.1 cm³/mol. The smallest absolute Gasteiger partial charge is 0.331 e. The van der Waals surface area contributed by atoms with E-state index >= 15 is 0 Å². The van der Waals surface area contributed by atoms with Crippen LogP contribution in [0.5, 0.6) is 11.5 Å². The maximum absolute atomic E-state index is 12.0. The van der Waals surface area contributed by atoms with Crippen molar-refractivity contribution in [2.75, 3.05) is 6.79 Å². The van der Waals surface area contributed by atoms with E-state index in [0.717, 1.165) is 5.56 Å². The van der Waals surface area contributed by atoms with E-state index in [9.17, 15) is 9.59 Å². The summed E-state index contributed by atoms with van der Waals surface area (Å²) in [5.41, 5.74) is 6.58. The van der Waals surface area contributed by atoms with Crippen molar-refractivity contribution in [1.29, 1.82) is 0 Å². The molecule has 0 aliphatic carbocycles. The van der Waals surface area contributed by atoms with Crippen molar-refractivity contribution in [2.45, 2.75) is 6.10 Å². The molecule has 1 unspecified atom stereocenters. The Morgan fingerprint density at radius 3 is 2.58 bits per heavy atom. The van der Waals surface area contributed by atoms with Crippen molar-refractivity contribution < 1.29 is 23.8 Å². The van der Waals surface area contributed by atoms with Crippen molar-refractivity contribution >= 4 is 18.0 Å². The molecule has 1 aliphatic rings. The van der Waals surface area contributed by atoms with E-state index in [2.05, 4.69) is 0 Å². The van der Waals surface area contributed by atoms with Crippen molar-refractivity contribution in [1.82, 2.24) is 0 Å². The largest absolute Gasteiger partial charge is 0.454 e. The molecule has 0 bridgehead atoms. The third-order valence-corrected chi connectivity index (χ3v) is 3.40. The highest BCUT2D eigenvalue weighted by Crippen LogP contribution is 2.32. The number of esters is 1. The molecule has 0 saturated heterocycles. The van der Waals surface area contributed by atoms with Gasteiger partial charge in [-0.1, -0.05) is 36.4 Å². The molecule has 2 aromatic rings. The number of hydrogen-bond donors (Lipinski definition) is 1. The molecule has 6 heteroatoms. The van der Waals surface area contributed by atoms with Crippen LogP contribution < -0.4 is 15.2 Å². The van der Waals surface area contributed by atoms with Crippen molar-refractivity contribution in [3.05, 3.63) is 65.7 Å². The van der Waals surface area contributed by atoms with Crippen LogP contribution in [0.1, 0.15) is 17.2 Å². The lowest BCUT2D eigenvalue weighted by Gasteiger charge is -2.13. The van der Waals surface area contributed by atoms with Gasteiger partial charge >= 0.3 is 5.97 Å². The molecule has 122 valence electrons. The zero-order valence-corrected chi connectivity index (χ0v) is 12.7. The van der Waals surface area contributed by atoms with Crippen molar-refractivity contribution in [3.63, 3.8) is 0 Å². The average Bonchev–Trinajstić information content (AvgIpc) is 3.06. The van der Waals surface area contributed by atoms with Crippen molar-refractivity contribution in [3.8, 4) is 11.5 Å². The van der Waals surface area contributed by atoms with Gasteiger partial charge in [-0.3, -0.25) is 4.79 Å². The van der Waals surface area contributed by atoms with Gasteiger partial charge < -0.3 is 19.9 Å². The monoisotopic (exact) mass is 325 g/mol. The van der Waals surface area contributed by atoms with Gasteiger partial charge in [0.2, 0.25) is 12.9 Å². The van der Waals surface area contributed by atoms with Gasteiger partial charge in [0.05, 0.1) is 0 Å². The summed E-state index contributed by atoms with van der Waals surface area (Å²) in [5.74, 6) is -0.122. The number of benzene rings is 2. The standard InChI is InChI=1S/C18H15NO5/c19-18(21)17(13-4-2-1-3-5-13)24-16(20)9-7-12-6-8-14-15(10-12)23-11-22-14/h1-10,17H,11H2,(H2,19,21)/b9-7+. The quantitative estimate of drug-likeness (QED) is 0.672. The third-order valence-electron chi connectivity index (χ3n) is 3.40. The number of fused-ring (bicyclic) bond motifs is 1. The molecule has 0 radical (unpaired) electrons. The first-order valence-corrected chi connectivity index (χ1v) is 7.26. The summed E-state index contributed by atoms with van der Waals surface area (Å²) in [6.45, 7) is 0.182. The van der Waals surface area contributed by atoms with Gasteiger partial charge in [-0.05, 0) is 23.8 Å². The first-order chi connectivity index (χ1) is 11.6. The fourth-order valence-electron chi connectivity index (χ4n) is 2.25. The molecule has 0 fully saturated rings. The first-order valence-electron chi connectivity index (χ1n) is 7.26. The van der Waals surface area contributed by atoms with E-state index in [4.69, 9.17) is 19.9 Å². The maximum Gasteiger partial charge on any atom is 0.331 e. The number of carbonyl (C=O) groups excluding carboxylic acids is 2. The fraction of sp³-hybridized carbons (Fsp3) is 0.111. The molecule has 2 N–H and O–H groups in total. The van der Waals surface area contributed by atoms with E-state index in [1.165, 1.54) is 6.08 Å². The number of amides is 1. The van der Waals surface area contributed by atoms with E-state index in [1.54, 1.807) is 54.6 Å². The highest BCUT2D eigenvalue weighted by molar-refractivity contribution is 5.90. The minimum Gasteiger partial charge on any atom is -0.454 e. The van der Waals surface area contributed by atoms with E-state index in [0.29, 0.717) is 17.1 Å². The number of carbonyl (C=O) groups is 2. The van der Waals surface area contributed by atoms with Crippen LogP contribution >= 0.6 is 0 Å². The van der Waals surface area contributed by atoms with Crippen LogP contribution in [-0.4, -0.2) is 18.7 Å². The summed E-state index contributed by atoms with van der Waals surface area (Å²) in [7, 11) is 0. The highest BCUT2D eigenvalue weighted by atomic mass is 16.7. The Hall–Kier alpha value is -3.28. The molecular weight excluding hydrogens is 310 g/mol. The first kappa shape index (κ1) is 15.6. The summed E-state index contributed by atoms with van der Waals surface area (Å²) in [4.78, 5) is 23.5. The fourth-order valence-corrected chi connectivity index (χ4v) is 2.25. The lowest BCUT2D eigenvalue weighted by Crippen LogP contribution is -2.25. The van der Waals surface area contributed by atoms with Crippen LogP contribution in [0.3, 0.4) is 0 Å². The Morgan fingerprint density at radius 1 is 1.08 bits per heavy atom. The van der Waals surface area contributed by atoms with Crippen LogP contribution in [0, 0.1) is 0 Å². The summed E-state index contributed by atoms with van der Waals surface area (Å²) in [6.07, 6.45) is 1.67. The molecule has 1 amide bonds. The van der Waals surface area contributed by atoms with Gasteiger partial charge in [-0.25, -0.2) is 4.79 Å². The maximum atomic E-state index is 12.0. The minimum absolute atomic E-state index is 0.182. The summed E-state index contributed by atoms with van der Waals surface area (Å²) >= 11 is 0. The molecule has 1 heterocycles. The molecule has 0 spiro atoms. The average molecular weight is 325 g/mol. The second-order valence-corrected chi connectivity index (χ2v) is 5.08. The SMILES string of the molecule is NC(=O)C(OC(=O)/C=C/c1ccc2c(c1)OCO2)c1ccccc1. The lowest BCUT2D eigenvalue weighted by molar-refractivity contribution is -0.150. The normalized spacial score (nSPS) is 13.7. The van der Waals surface area contributed by atoms with Gasteiger partial charge in [0.1, 0.15) is 0 Å². The van der Waals surface area contributed by atoms with E-state index in [1.807, 2.05) is 0 Å². The molecule has 1 aliphatic heterocycles. The number of primary amides is 1. The molecule has 24 heavy (non-hydrogen) atoms. The minimum atomic E-state index is -1.12. The zero-order valence-electron chi connectivity index (χ0n) is 12.7. The summed E-state index contributed by atoms with van der Waals surface area (Å²) in [6, 6.07) is 13.9. The Morgan fingerprint density at radius 2 is 1.83 bits per heavy atom. The summed E-state index contributed by atoms with van der Waals surface area (Å²) in [5, 5.41) is 0. The number of hydrogen-bond acceptors (Lipinski definition) is 5. The van der Waals surface area contributed by atoms with Crippen LogP contribution in [0.2, 0.25) is 0 Å². The van der Waals surface area contributed by atoms with E-state index in [-0.39, 0.29) is 6.79 Å². The summed E-state index contributed by atoms with van der Waals surface area (Å²) < 4.78 is 15.6. The van der Waals surface area contributed by atoms with Crippen LogP contribution in [0.4, 0.5) is 0 Å². The molecule has 6 nitrogen and oxygen atoms in total. The Kier molecular flexibility index (Phi) is 4.47. The van der Waals surface area contributed by atoms with Crippen LogP contribution in [-0.2, 0) is 14.3 Å². The van der Waals surface area contributed by atoms with Gasteiger partial charge in [0.15, 0.2) is 11.5 Å².